The molecule has 1 fully saturated rings. The second-order valence-corrected chi connectivity index (χ2v) is 4.93. The van der Waals surface area contributed by atoms with Gasteiger partial charge in [-0.25, -0.2) is 0 Å². The fourth-order valence-corrected chi connectivity index (χ4v) is 2.07. The Hall–Kier alpha value is -1.63. The first-order chi connectivity index (χ1) is 8.49. The van der Waals surface area contributed by atoms with Crippen LogP contribution in [0.4, 0.5) is 5.82 Å². The number of carbonyl (C=O) groups excluding carboxylic acids is 1. The maximum Gasteiger partial charge on any atom is 0.239 e. The molecule has 0 radical (unpaired) electrons. The molecule has 1 saturated carbocycles. The molecular weight excluding hydrogens is 250 g/mol. The molecule has 0 unspecified atom stereocenters. The number of nitrogens with one attached hydrogen (secondary N) is 2. The van der Waals surface area contributed by atoms with Crippen LogP contribution >= 0.6 is 12.2 Å². The van der Waals surface area contributed by atoms with Gasteiger partial charge in [0.15, 0.2) is 0 Å². The van der Waals surface area contributed by atoms with E-state index >= 15 is 0 Å². The van der Waals surface area contributed by atoms with E-state index in [1.807, 2.05) is 6.92 Å². The molecule has 0 saturated heterocycles. The van der Waals surface area contributed by atoms with Crippen LogP contribution in [-0.4, -0.2) is 33.3 Å². The second-order valence-electron chi connectivity index (χ2n) is 4.49. The van der Waals surface area contributed by atoms with E-state index < -0.39 is 0 Å². The van der Waals surface area contributed by atoms with Gasteiger partial charge in [0.05, 0.1) is 17.8 Å². The van der Waals surface area contributed by atoms with Gasteiger partial charge in [-0.3, -0.25) is 9.48 Å². The Morgan fingerprint density at radius 3 is 2.83 bits per heavy atom. The summed E-state index contributed by atoms with van der Waals surface area (Å²) in [5.74, 6) is 0.663. The topological polar surface area (TPSA) is 85.0 Å². The van der Waals surface area contributed by atoms with Crippen molar-refractivity contribution in [2.75, 3.05) is 11.9 Å². The molecule has 1 aliphatic carbocycles. The zero-order chi connectivity index (χ0) is 13.3. The van der Waals surface area contributed by atoms with Crippen LogP contribution in [0.1, 0.15) is 24.1 Å². The van der Waals surface area contributed by atoms with E-state index in [0.29, 0.717) is 17.4 Å². The number of thiocarbonyl (C=S) groups is 1. The van der Waals surface area contributed by atoms with Crippen molar-refractivity contribution < 1.29 is 4.79 Å². The quantitative estimate of drug-likeness (QED) is 0.657. The van der Waals surface area contributed by atoms with E-state index in [9.17, 15) is 4.79 Å². The van der Waals surface area contributed by atoms with E-state index in [1.165, 1.54) is 0 Å². The van der Waals surface area contributed by atoms with Crippen molar-refractivity contribution in [3.8, 4) is 0 Å². The smallest absolute Gasteiger partial charge is 0.239 e. The molecule has 0 bridgehead atoms. The first-order valence-electron chi connectivity index (χ1n) is 5.85. The van der Waals surface area contributed by atoms with Crippen molar-refractivity contribution >= 4 is 28.9 Å². The number of aromatic nitrogens is 2. The summed E-state index contributed by atoms with van der Waals surface area (Å²) in [6.45, 7) is 2.04. The first kappa shape index (κ1) is 12.8. The fourth-order valence-electron chi connectivity index (χ4n) is 1.83. The Labute approximate surface area is 111 Å². The summed E-state index contributed by atoms with van der Waals surface area (Å²) in [4.78, 5) is 11.9. The van der Waals surface area contributed by atoms with Crippen LogP contribution in [0.3, 0.4) is 0 Å². The van der Waals surface area contributed by atoms with E-state index in [4.69, 9.17) is 18.0 Å². The van der Waals surface area contributed by atoms with Crippen LogP contribution in [0.5, 0.6) is 0 Å². The van der Waals surface area contributed by atoms with Crippen LogP contribution in [0.2, 0.25) is 0 Å². The van der Waals surface area contributed by atoms with Crippen molar-refractivity contribution in [1.82, 2.24) is 15.1 Å². The fraction of sp³-hybridized carbons (Fsp3) is 0.545. The molecule has 1 aliphatic rings. The minimum Gasteiger partial charge on any atom is -0.389 e. The molecule has 2 rings (SSSR count). The van der Waals surface area contributed by atoms with Crippen LogP contribution < -0.4 is 16.4 Å². The second kappa shape index (κ2) is 4.93. The SMILES string of the molecule is Cc1nn(C)c(NCC(=O)NC2CC2)c1C(N)=S. The van der Waals surface area contributed by atoms with Gasteiger partial charge in [-0.1, -0.05) is 12.2 Å². The van der Waals surface area contributed by atoms with Gasteiger partial charge in [-0.15, -0.1) is 0 Å². The number of aryl methyl sites for hydroxylation is 2. The third-order valence-electron chi connectivity index (χ3n) is 2.83. The minimum atomic E-state index is -0.0229. The number of anilines is 1. The third-order valence-corrected chi connectivity index (χ3v) is 3.03. The molecule has 1 aromatic rings. The number of hydrogen-bond acceptors (Lipinski definition) is 4. The number of hydrogen-bond donors (Lipinski definition) is 3. The summed E-state index contributed by atoms with van der Waals surface area (Å²) in [6.07, 6.45) is 2.16. The van der Waals surface area contributed by atoms with Crippen molar-refractivity contribution in [3.05, 3.63) is 11.3 Å². The zero-order valence-electron chi connectivity index (χ0n) is 10.5. The lowest BCUT2D eigenvalue weighted by Gasteiger charge is -2.09. The molecule has 0 aliphatic heterocycles. The Kier molecular flexibility index (Phi) is 3.51. The van der Waals surface area contributed by atoms with E-state index in [1.54, 1.807) is 11.7 Å². The molecule has 1 heterocycles. The third kappa shape index (κ3) is 2.79. The highest BCUT2D eigenvalue weighted by Crippen LogP contribution is 2.19. The normalized spacial score (nSPS) is 14.3. The molecule has 7 heteroatoms. The van der Waals surface area contributed by atoms with Gasteiger partial charge in [-0.05, 0) is 19.8 Å². The lowest BCUT2D eigenvalue weighted by molar-refractivity contribution is -0.119. The van der Waals surface area contributed by atoms with Gasteiger partial charge in [0, 0.05) is 13.1 Å². The highest BCUT2D eigenvalue weighted by atomic mass is 32.1. The van der Waals surface area contributed by atoms with E-state index in [-0.39, 0.29) is 17.4 Å². The van der Waals surface area contributed by atoms with Gasteiger partial charge in [-0.2, -0.15) is 5.10 Å². The summed E-state index contributed by atoms with van der Waals surface area (Å²) in [5, 5.41) is 10.2. The predicted molar refractivity (Wildman–Crippen MR) is 73.5 cm³/mol. The standard InChI is InChI=1S/C11H17N5OS/c1-6-9(10(12)18)11(16(2)15-6)13-5-8(17)14-7-3-4-7/h7,13H,3-5H2,1-2H3,(H2,12,18)(H,14,17). The molecule has 4 N–H and O–H groups in total. The molecule has 18 heavy (non-hydrogen) atoms. The number of rotatable bonds is 5. The Morgan fingerprint density at radius 1 is 1.61 bits per heavy atom. The highest BCUT2D eigenvalue weighted by molar-refractivity contribution is 7.80. The van der Waals surface area contributed by atoms with Crippen LogP contribution in [0, 0.1) is 6.92 Å². The highest BCUT2D eigenvalue weighted by Gasteiger charge is 2.23. The molecular formula is C11H17N5OS. The lowest BCUT2D eigenvalue weighted by atomic mass is 10.2. The van der Waals surface area contributed by atoms with E-state index in [2.05, 4.69) is 15.7 Å². The average Bonchev–Trinajstić information content (AvgIpc) is 3.01. The molecule has 0 aromatic carbocycles. The van der Waals surface area contributed by atoms with Crippen molar-refractivity contribution in [3.63, 3.8) is 0 Å². The Bertz CT molecular complexity index is 492. The van der Waals surface area contributed by atoms with Crippen LogP contribution in [0.25, 0.3) is 0 Å². The van der Waals surface area contributed by atoms with Crippen molar-refractivity contribution in [2.45, 2.75) is 25.8 Å². The summed E-state index contributed by atoms with van der Waals surface area (Å²) in [7, 11) is 1.79. The largest absolute Gasteiger partial charge is 0.389 e. The van der Waals surface area contributed by atoms with E-state index in [0.717, 1.165) is 18.5 Å². The first-order valence-corrected chi connectivity index (χ1v) is 6.26. The molecule has 0 atom stereocenters. The Morgan fingerprint density at radius 2 is 2.28 bits per heavy atom. The summed E-state index contributed by atoms with van der Waals surface area (Å²) >= 11 is 4.99. The van der Waals surface area contributed by atoms with Gasteiger partial charge >= 0.3 is 0 Å². The van der Waals surface area contributed by atoms with Crippen LogP contribution in [0.15, 0.2) is 0 Å². The number of nitrogens with zero attached hydrogens (tertiary/aromatic N) is 2. The molecule has 1 amide bonds. The molecule has 1 aromatic heterocycles. The molecule has 0 spiro atoms. The maximum atomic E-state index is 11.6. The molecule has 6 nitrogen and oxygen atoms in total. The summed E-state index contributed by atoms with van der Waals surface area (Å²) < 4.78 is 1.65. The van der Waals surface area contributed by atoms with Gasteiger partial charge in [0.25, 0.3) is 0 Å². The Balaban J connectivity index is 2.03. The lowest BCUT2D eigenvalue weighted by Crippen LogP contribution is -2.32. The summed E-state index contributed by atoms with van der Waals surface area (Å²) in [5.41, 5.74) is 7.12. The summed E-state index contributed by atoms with van der Waals surface area (Å²) in [6, 6.07) is 0.364. The monoisotopic (exact) mass is 267 g/mol. The van der Waals surface area contributed by atoms with Gasteiger partial charge < -0.3 is 16.4 Å². The molecule has 98 valence electrons. The number of nitrogens with two attached hydrogens (primary N) is 1. The minimum absolute atomic E-state index is 0.0229. The number of carbonyl (C=O) groups is 1. The van der Waals surface area contributed by atoms with Gasteiger partial charge in [0.1, 0.15) is 10.8 Å². The van der Waals surface area contributed by atoms with Gasteiger partial charge in [0.2, 0.25) is 5.91 Å². The zero-order valence-corrected chi connectivity index (χ0v) is 11.3. The van der Waals surface area contributed by atoms with Crippen molar-refractivity contribution in [2.24, 2.45) is 12.8 Å². The van der Waals surface area contributed by atoms with Crippen molar-refractivity contribution in [1.29, 1.82) is 0 Å². The van der Waals surface area contributed by atoms with Crippen LogP contribution in [-0.2, 0) is 11.8 Å². The average molecular weight is 267 g/mol. The maximum absolute atomic E-state index is 11.6. The number of amides is 1. The predicted octanol–water partition coefficient (Wildman–Crippen LogP) is 0.0532.